The number of sulfonamides is 1. The van der Waals surface area contributed by atoms with Crippen LogP contribution < -0.4 is 10.5 Å². The molecule has 0 spiro atoms. The number of halogens is 3. The Bertz CT molecular complexity index is 1860. The molecular weight excluding hydrogens is 595 g/mol. The van der Waals surface area contributed by atoms with E-state index >= 15 is 4.39 Å². The molecule has 10 nitrogen and oxygen atoms in total. The molecule has 1 aliphatic heterocycles. The summed E-state index contributed by atoms with van der Waals surface area (Å²) in [5, 5.41) is 0. The molecule has 230 valence electrons. The number of hydrogen-bond donors (Lipinski definition) is 2. The second kappa shape index (κ2) is 12.2. The lowest BCUT2D eigenvalue weighted by molar-refractivity contribution is 0.0659. The van der Waals surface area contributed by atoms with Gasteiger partial charge in [-0.1, -0.05) is 13.0 Å². The van der Waals surface area contributed by atoms with Crippen LogP contribution in [0.5, 0.6) is 0 Å². The van der Waals surface area contributed by atoms with Crippen LogP contribution in [0.1, 0.15) is 28.7 Å². The summed E-state index contributed by atoms with van der Waals surface area (Å²) in [7, 11) is -2.51. The zero-order valence-corrected chi connectivity index (χ0v) is 25.1. The summed E-state index contributed by atoms with van der Waals surface area (Å²) >= 11 is 0. The zero-order chi connectivity index (χ0) is 31.8. The van der Waals surface area contributed by atoms with Crippen molar-refractivity contribution in [3.05, 3.63) is 83.1 Å². The third-order valence-electron chi connectivity index (χ3n) is 7.40. The number of hydrogen-bond acceptors (Lipinski definition) is 8. The molecule has 2 aromatic carbocycles. The number of anilines is 2. The first-order valence-electron chi connectivity index (χ1n) is 13.8. The molecule has 1 amide bonds. The molecule has 4 aromatic rings. The van der Waals surface area contributed by atoms with E-state index in [9.17, 15) is 22.0 Å². The highest BCUT2D eigenvalue weighted by atomic mass is 32.2. The number of aromatic nitrogens is 3. The standard InChI is InChI=1S/C30H30F3N7O3S/c1-4-24-27(19-14-25(17(2)35-16-19)38-44(42,43)26-8-6-20(31)15-23(26)33)28(37-30(34)36-24)18-5-7-21(22(32)13-18)29(41)40-11-9-39(3)10-12-40/h5-8,13-16,38H,4,9-12H2,1-3H3,(H2,34,36,37). The lowest BCUT2D eigenvalue weighted by Crippen LogP contribution is -2.47. The molecule has 14 heteroatoms. The van der Waals surface area contributed by atoms with Gasteiger partial charge in [0.1, 0.15) is 22.3 Å². The number of nitrogen functional groups attached to an aromatic ring is 1. The van der Waals surface area contributed by atoms with Crippen molar-refractivity contribution >= 4 is 27.6 Å². The van der Waals surface area contributed by atoms with Crippen LogP contribution in [0.2, 0.25) is 0 Å². The van der Waals surface area contributed by atoms with Gasteiger partial charge in [0.05, 0.1) is 28.3 Å². The maximum absolute atomic E-state index is 15.5. The third-order valence-corrected chi connectivity index (χ3v) is 8.80. The molecule has 3 heterocycles. The van der Waals surface area contributed by atoms with Gasteiger partial charge in [-0.25, -0.2) is 31.6 Å². The minimum absolute atomic E-state index is 0.0235. The summed E-state index contributed by atoms with van der Waals surface area (Å²) < 4.78 is 71.6. The average molecular weight is 626 g/mol. The first-order valence-corrected chi connectivity index (χ1v) is 15.2. The van der Waals surface area contributed by atoms with Crippen LogP contribution in [0.15, 0.2) is 53.6 Å². The average Bonchev–Trinajstić information content (AvgIpc) is 2.97. The number of piperazine rings is 1. The van der Waals surface area contributed by atoms with E-state index in [0.29, 0.717) is 61.1 Å². The molecule has 3 N–H and O–H groups in total. The molecule has 0 radical (unpaired) electrons. The van der Waals surface area contributed by atoms with Crippen molar-refractivity contribution in [1.29, 1.82) is 0 Å². The van der Waals surface area contributed by atoms with E-state index in [4.69, 9.17) is 5.73 Å². The number of benzene rings is 2. The van der Waals surface area contributed by atoms with E-state index in [1.165, 1.54) is 24.4 Å². The molecule has 1 fully saturated rings. The van der Waals surface area contributed by atoms with Gasteiger partial charge >= 0.3 is 0 Å². The lowest BCUT2D eigenvalue weighted by Gasteiger charge is -2.32. The number of likely N-dealkylation sites (N-methyl/N-ethyl adjacent to an activating group) is 1. The number of pyridine rings is 1. The van der Waals surface area contributed by atoms with E-state index < -0.39 is 38.3 Å². The van der Waals surface area contributed by atoms with Crippen LogP contribution in [0.3, 0.4) is 0 Å². The normalized spacial score (nSPS) is 14.1. The van der Waals surface area contributed by atoms with Crippen molar-refractivity contribution in [2.24, 2.45) is 0 Å². The first-order chi connectivity index (χ1) is 20.9. The largest absolute Gasteiger partial charge is 0.368 e. The topological polar surface area (TPSA) is 134 Å². The molecule has 2 aromatic heterocycles. The molecule has 0 aliphatic carbocycles. The summed E-state index contributed by atoms with van der Waals surface area (Å²) in [4.78, 5) is 29.1. The number of rotatable bonds is 7. The molecule has 0 saturated carbocycles. The van der Waals surface area contributed by atoms with Crippen molar-refractivity contribution < 1.29 is 26.4 Å². The molecule has 44 heavy (non-hydrogen) atoms. The Balaban J connectivity index is 1.55. The number of carbonyl (C=O) groups excluding carboxylic acids is 1. The van der Waals surface area contributed by atoms with Crippen LogP contribution in [-0.2, 0) is 16.4 Å². The van der Waals surface area contributed by atoms with E-state index in [1.54, 1.807) is 17.9 Å². The summed E-state index contributed by atoms with van der Waals surface area (Å²) in [5.41, 5.74) is 8.07. The second-order valence-corrected chi connectivity index (χ2v) is 12.1. The minimum atomic E-state index is -4.47. The van der Waals surface area contributed by atoms with Crippen LogP contribution in [0, 0.1) is 24.4 Å². The molecule has 0 unspecified atom stereocenters. The molecule has 1 saturated heterocycles. The molecule has 0 atom stereocenters. The molecule has 0 bridgehead atoms. The number of carbonyl (C=O) groups is 1. The highest BCUT2D eigenvalue weighted by Gasteiger charge is 2.25. The Labute approximate surface area is 252 Å². The summed E-state index contributed by atoms with van der Waals surface area (Å²) in [6.45, 7) is 5.74. The van der Waals surface area contributed by atoms with Crippen molar-refractivity contribution in [2.75, 3.05) is 43.7 Å². The highest BCUT2D eigenvalue weighted by molar-refractivity contribution is 7.92. The predicted octanol–water partition coefficient (Wildman–Crippen LogP) is 4.26. The van der Waals surface area contributed by atoms with Crippen molar-refractivity contribution in [1.82, 2.24) is 24.8 Å². The van der Waals surface area contributed by atoms with Gasteiger partial charge in [0.25, 0.3) is 15.9 Å². The Morgan fingerprint density at radius 1 is 0.977 bits per heavy atom. The second-order valence-electron chi connectivity index (χ2n) is 10.4. The van der Waals surface area contributed by atoms with Crippen molar-refractivity contribution in [2.45, 2.75) is 25.2 Å². The zero-order valence-electron chi connectivity index (χ0n) is 24.2. The minimum Gasteiger partial charge on any atom is -0.368 e. The van der Waals surface area contributed by atoms with Crippen LogP contribution in [0.4, 0.5) is 24.8 Å². The van der Waals surface area contributed by atoms with Gasteiger partial charge in [-0.15, -0.1) is 0 Å². The Morgan fingerprint density at radius 3 is 2.36 bits per heavy atom. The molecule has 1 aliphatic rings. The Morgan fingerprint density at radius 2 is 1.70 bits per heavy atom. The smallest absolute Gasteiger partial charge is 0.264 e. The van der Waals surface area contributed by atoms with E-state index in [-0.39, 0.29) is 28.6 Å². The number of aryl methyl sites for hydroxylation is 2. The van der Waals surface area contributed by atoms with Crippen molar-refractivity contribution in [3.63, 3.8) is 0 Å². The maximum atomic E-state index is 15.5. The van der Waals surface area contributed by atoms with E-state index in [0.717, 1.165) is 12.1 Å². The predicted molar refractivity (Wildman–Crippen MR) is 160 cm³/mol. The van der Waals surface area contributed by atoms with E-state index in [1.807, 2.05) is 14.0 Å². The number of nitrogens with zero attached hydrogens (tertiary/aromatic N) is 5. The van der Waals surface area contributed by atoms with Gasteiger partial charge in [-0.2, -0.15) is 0 Å². The van der Waals surface area contributed by atoms with Gasteiger partial charge in [0, 0.05) is 55.1 Å². The first kappa shape index (κ1) is 30.9. The quantitative estimate of drug-likeness (QED) is 0.311. The fraction of sp³-hybridized carbons (Fsp3) is 0.267. The summed E-state index contributed by atoms with van der Waals surface area (Å²) in [6.07, 6.45) is 1.86. The van der Waals surface area contributed by atoms with E-state index in [2.05, 4.69) is 24.6 Å². The van der Waals surface area contributed by atoms with Gasteiger partial charge in [0.2, 0.25) is 5.95 Å². The van der Waals surface area contributed by atoms with Crippen molar-refractivity contribution in [3.8, 4) is 22.4 Å². The van der Waals surface area contributed by atoms with Gasteiger partial charge in [-0.05, 0) is 50.7 Å². The summed E-state index contributed by atoms with van der Waals surface area (Å²) in [6, 6.07) is 7.80. The summed E-state index contributed by atoms with van der Waals surface area (Å²) in [5.74, 6) is -3.37. The number of nitrogens with two attached hydrogens (primary N) is 1. The fourth-order valence-electron chi connectivity index (χ4n) is 4.98. The van der Waals surface area contributed by atoms with Gasteiger partial charge in [0.15, 0.2) is 0 Å². The van der Waals surface area contributed by atoms with Crippen LogP contribution in [0.25, 0.3) is 22.4 Å². The lowest BCUT2D eigenvalue weighted by atomic mass is 9.96. The van der Waals surface area contributed by atoms with Crippen LogP contribution in [-0.4, -0.2) is 72.3 Å². The Kier molecular flexibility index (Phi) is 8.57. The maximum Gasteiger partial charge on any atom is 0.264 e. The fourth-order valence-corrected chi connectivity index (χ4v) is 6.15. The number of nitrogens with one attached hydrogen (secondary N) is 1. The molecule has 5 rings (SSSR count). The highest BCUT2D eigenvalue weighted by Crippen LogP contribution is 2.36. The molecular formula is C30H30F3N7O3S. The third kappa shape index (κ3) is 6.21. The number of amides is 1. The van der Waals surface area contributed by atoms with Gasteiger partial charge < -0.3 is 15.5 Å². The Hall–Kier alpha value is -4.56. The van der Waals surface area contributed by atoms with Gasteiger partial charge in [-0.3, -0.25) is 14.5 Å². The monoisotopic (exact) mass is 625 g/mol. The SMILES string of the molecule is CCc1nc(N)nc(-c2ccc(C(=O)N3CCN(C)CC3)c(F)c2)c1-c1cnc(C)c(NS(=O)(=O)c2ccc(F)cc2F)c1. The van der Waals surface area contributed by atoms with Crippen LogP contribution >= 0.6 is 0 Å².